The number of nitrogens with one attached hydrogen (secondary N) is 1. The summed E-state index contributed by atoms with van der Waals surface area (Å²) in [5.74, 6) is -2.02. The monoisotopic (exact) mass is 490 g/mol. The van der Waals surface area contributed by atoms with Gasteiger partial charge in [-0.1, -0.05) is 36.9 Å². The first-order chi connectivity index (χ1) is 16.7. The van der Waals surface area contributed by atoms with Crippen LogP contribution in [0.15, 0.2) is 54.7 Å². The maximum atomic E-state index is 13.5. The Balaban J connectivity index is 0.000000497. The highest BCUT2D eigenvalue weighted by Crippen LogP contribution is 2.34. The van der Waals surface area contributed by atoms with Crippen LogP contribution in [0.2, 0.25) is 0 Å². The molecule has 2 nitrogen and oxygen atoms in total. The maximum Gasteiger partial charge on any atom is 0.397 e. The molecule has 1 heterocycles. The van der Waals surface area contributed by atoms with E-state index in [1.165, 1.54) is 74.2 Å². The third kappa shape index (κ3) is 8.99. The quantitative estimate of drug-likeness (QED) is 0.406. The molecule has 1 atom stereocenters. The molecule has 0 spiro atoms. The van der Waals surface area contributed by atoms with E-state index >= 15 is 0 Å². The minimum Gasteiger partial charge on any atom is -0.388 e. The van der Waals surface area contributed by atoms with Crippen LogP contribution >= 0.6 is 0 Å². The van der Waals surface area contributed by atoms with Gasteiger partial charge in [-0.05, 0) is 112 Å². The third-order valence-electron chi connectivity index (χ3n) is 6.96. The Morgan fingerprint density at radius 1 is 0.914 bits per heavy atom. The molecule has 2 aromatic carbocycles. The topological polar surface area (TPSA) is 15.3 Å². The maximum absolute atomic E-state index is 13.5. The van der Waals surface area contributed by atoms with Gasteiger partial charge in [0.05, 0.1) is 5.92 Å². The van der Waals surface area contributed by atoms with Crippen molar-refractivity contribution in [1.82, 2.24) is 10.2 Å². The number of hydrogen-bond acceptors (Lipinski definition) is 2. The SMILES string of the molecule is C=C(NCCc1ccc2c(c1)CCCC2)C(CCc1ccc(F)cc1)C(F)(F)F.CN1CCCC1. The number of halogens is 4. The number of nitrogens with zero attached hydrogens (tertiary/aromatic N) is 1. The molecule has 4 rings (SSSR count). The number of alkyl halides is 3. The minimum atomic E-state index is -4.37. The molecule has 0 radical (unpaired) electrons. The summed E-state index contributed by atoms with van der Waals surface area (Å²) in [6.45, 7) is 6.71. The van der Waals surface area contributed by atoms with Gasteiger partial charge in [-0.3, -0.25) is 0 Å². The van der Waals surface area contributed by atoms with E-state index in [1.807, 2.05) is 0 Å². The van der Waals surface area contributed by atoms with Gasteiger partial charge in [-0.2, -0.15) is 13.2 Å². The van der Waals surface area contributed by atoms with Crippen LogP contribution in [-0.2, 0) is 25.7 Å². The average molecular weight is 491 g/mol. The lowest BCUT2D eigenvalue weighted by atomic mass is 9.90. The van der Waals surface area contributed by atoms with Crippen LogP contribution in [0.5, 0.6) is 0 Å². The lowest BCUT2D eigenvalue weighted by molar-refractivity contribution is -0.166. The van der Waals surface area contributed by atoms with Crippen molar-refractivity contribution in [3.63, 3.8) is 0 Å². The highest BCUT2D eigenvalue weighted by Gasteiger charge is 2.40. The van der Waals surface area contributed by atoms with Crippen molar-refractivity contribution in [2.75, 3.05) is 26.7 Å². The van der Waals surface area contributed by atoms with Crippen molar-refractivity contribution in [3.8, 4) is 0 Å². The Bertz CT molecular complexity index is 931. The van der Waals surface area contributed by atoms with Crippen molar-refractivity contribution in [1.29, 1.82) is 0 Å². The van der Waals surface area contributed by atoms with Gasteiger partial charge in [-0.15, -0.1) is 0 Å². The van der Waals surface area contributed by atoms with Crippen molar-refractivity contribution >= 4 is 0 Å². The van der Waals surface area contributed by atoms with E-state index < -0.39 is 17.9 Å². The van der Waals surface area contributed by atoms with E-state index in [0.29, 0.717) is 18.5 Å². The first kappa shape index (κ1) is 27.3. The second-order valence-corrected chi connectivity index (χ2v) is 9.78. The minimum absolute atomic E-state index is 0.00225. The molecule has 1 unspecified atom stereocenters. The second-order valence-electron chi connectivity index (χ2n) is 9.78. The zero-order chi connectivity index (χ0) is 25.3. The molecule has 1 aliphatic heterocycles. The Labute approximate surface area is 207 Å². The molecule has 1 fully saturated rings. The number of aryl methyl sites for hydroxylation is 3. The summed E-state index contributed by atoms with van der Waals surface area (Å²) >= 11 is 0. The van der Waals surface area contributed by atoms with E-state index in [1.54, 1.807) is 0 Å². The summed E-state index contributed by atoms with van der Waals surface area (Å²) in [4.78, 5) is 2.36. The zero-order valence-corrected chi connectivity index (χ0v) is 20.8. The Morgan fingerprint density at radius 3 is 2.14 bits per heavy atom. The van der Waals surface area contributed by atoms with Gasteiger partial charge in [0.15, 0.2) is 0 Å². The van der Waals surface area contributed by atoms with Gasteiger partial charge in [-0.25, -0.2) is 4.39 Å². The van der Waals surface area contributed by atoms with Gasteiger partial charge >= 0.3 is 6.18 Å². The molecule has 1 saturated heterocycles. The fourth-order valence-corrected chi connectivity index (χ4v) is 4.81. The first-order valence-corrected chi connectivity index (χ1v) is 12.8. The van der Waals surface area contributed by atoms with Crippen LogP contribution in [0.1, 0.15) is 54.4 Å². The predicted octanol–water partition coefficient (Wildman–Crippen LogP) is 6.87. The lowest BCUT2D eigenvalue weighted by Gasteiger charge is -2.24. The van der Waals surface area contributed by atoms with E-state index in [-0.39, 0.29) is 18.5 Å². The van der Waals surface area contributed by atoms with Crippen molar-refractivity contribution in [3.05, 3.63) is 82.8 Å². The van der Waals surface area contributed by atoms with E-state index in [4.69, 9.17) is 0 Å². The summed E-state index contributed by atoms with van der Waals surface area (Å²) < 4.78 is 53.5. The molecule has 0 bridgehead atoms. The molecule has 6 heteroatoms. The lowest BCUT2D eigenvalue weighted by Crippen LogP contribution is -2.32. The van der Waals surface area contributed by atoms with Crippen molar-refractivity contribution in [2.24, 2.45) is 5.92 Å². The van der Waals surface area contributed by atoms with Crippen molar-refractivity contribution < 1.29 is 17.6 Å². The molecule has 0 aromatic heterocycles. The summed E-state index contributed by atoms with van der Waals surface area (Å²) in [5.41, 5.74) is 4.59. The number of benzene rings is 2. The van der Waals surface area contributed by atoms with E-state index in [9.17, 15) is 17.6 Å². The normalized spacial score (nSPS) is 16.7. The van der Waals surface area contributed by atoms with Gasteiger partial charge < -0.3 is 10.2 Å². The molecule has 1 aliphatic carbocycles. The Hall–Kier alpha value is -2.34. The molecule has 2 aromatic rings. The fourth-order valence-electron chi connectivity index (χ4n) is 4.81. The third-order valence-corrected chi connectivity index (χ3v) is 6.96. The van der Waals surface area contributed by atoms with Gasteiger partial charge in [0.1, 0.15) is 5.82 Å². The second kappa shape index (κ2) is 13.1. The Morgan fingerprint density at radius 2 is 1.54 bits per heavy atom. The standard InChI is InChI=1S/C24H27F4N.C5H11N/c1-17(23(24(26,27)28)13-9-18-7-11-22(25)12-8-18)29-15-14-19-6-10-20-4-2-3-5-21(20)16-19;1-6-4-2-3-5-6/h6-8,10-12,16,23,29H,1-5,9,13-15H2;2-5H2,1H3. The van der Waals surface area contributed by atoms with Crippen LogP contribution in [0, 0.1) is 11.7 Å². The number of fused-ring (bicyclic) bond motifs is 1. The van der Waals surface area contributed by atoms with E-state index in [0.717, 1.165) is 18.4 Å². The van der Waals surface area contributed by atoms with Crippen LogP contribution < -0.4 is 5.32 Å². The van der Waals surface area contributed by atoms with Crippen LogP contribution in [0.4, 0.5) is 17.6 Å². The highest BCUT2D eigenvalue weighted by atomic mass is 19.4. The largest absolute Gasteiger partial charge is 0.397 e. The van der Waals surface area contributed by atoms with Gasteiger partial charge in [0, 0.05) is 12.2 Å². The molecular formula is C29H38F4N2. The molecule has 0 saturated carbocycles. The number of allylic oxidation sites excluding steroid dienone is 1. The smallest absolute Gasteiger partial charge is 0.388 e. The first-order valence-electron chi connectivity index (χ1n) is 12.8. The Kier molecular flexibility index (Phi) is 10.2. The molecule has 2 aliphatic rings. The number of hydrogen-bond donors (Lipinski definition) is 1. The summed E-state index contributed by atoms with van der Waals surface area (Å²) in [6, 6.07) is 12.0. The molecule has 35 heavy (non-hydrogen) atoms. The van der Waals surface area contributed by atoms with Crippen molar-refractivity contribution in [2.45, 2.75) is 64.0 Å². The molecule has 1 N–H and O–H groups in total. The average Bonchev–Trinajstić information content (AvgIpc) is 3.31. The van der Waals surface area contributed by atoms with Crippen LogP contribution in [0.3, 0.4) is 0 Å². The van der Waals surface area contributed by atoms with Gasteiger partial charge in [0.25, 0.3) is 0 Å². The van der Waals surface area contributed by atoms with Crippen LogP contribution in [-0.4, -0.2) is 37.8 Å². The predicted molar refractivity (Wildman–Crippen MR) is 135 cm³/mol. The number of likely N-dealkylation sites (tertiary alicyclic amines) is 1. The number of rotatable bonds is 8. The fraction of sp³-hybridized carbons (Fsp3) is 0.517. The molecule has 0 amide bonds. The van der Waals surface area contributed by atoms with Gasteiger partial charge in [0.2, 0.25) is 0 Å². The highest BCUT2D eigenvalue weighted by molar-refractivity contribution is 5.34. The summed E-state index contributed by atoms with van der Waals surface area (Å²) in [7, 11) is 2.17. The van der Waals surface area contributed by atoms with Crippen LogP contribution in [0.25, 0.3) is 0 Å². The molecular weight excluding hydrogens is 452 g/mol. The summed E-state index contributed by atoms with van der Waals surface area (Å²) in [5, 5.41) is 2.89. The zero-order valence-electron chi connectivity index (χ0n) is 20.8. The molecule has 192 valence electrons. The van der Waals surface area contributed by atoms with E-state index in [2.05, 4.69) is 42.0 Å². The summed E-state index contributed by atoms with van der Waals surface area (Å²) in [6.07, 6.45) is 3.86.